The van der Waals surface area contributed by atoms with Crippen LogP contribution in [-0.4, -0.2) is 57.0 Å². The molecule has 0 aliphatic carbocycles. The maximum atomic E-state index is 8.36. The maximum absolute atomic E-state index is 8.36. The van der Waals surface area contributed by atoms with Crippen LogP contribution < -0.4 is 0 Å². The standard InChI is InChI=1S/C17H24N4O.CH2O2/c1-14(2)16-10-20(8-9-21-12-18-19-13-21)11-17(22-16)15-6-4-3-5-7-15;2-1-3/h3-7,12-14,16-17H,8-11H2,1-2H3;1H,(H,2,3)/t16-,17+;/m1./s1. The van der Waals surface area contributed by atoms with E-state index in [0.29, 0.717) is 5.92 Å². The highest BCUT2D eigenvalue weighted by Gasteiger charge is 2.30. The lowest BCUT2D eigenvalue weighted by molar-refractivity contribution is -0.122. The van der Waals surface area contributed by atoms with E-state index in [0.717, 1.165) is 26.2 Å². The van der Waals surface area contributed by atoms with Gasteiger partial charge in [0.1, 0.15) is 12.7 Å². The SMILES string of the molecule is CC(C)[C@H]1CN(CCn2cnnc2)C[C@@H](c2ccccc2)O1.O=CO. The quantitative estimate of drug-likeness (QED) is 0.835. The zero-order chi connectivity index (χ0) is 18.1. The molecule has 2 heterocycles. The van der Waals surface area contributed by atoms with Crippen molar-refractivity contribution in [1.82, 2.24) is 19.7 Å². The van der Waals surface area contributed by atoms with Gasteiger partial charge in [-0.3, -0.25) is 9.69 Å². The summed E-state index contributed by atoms with van der Waals surface area (Å²) in [6.45, 7) is 8.05. The van der Waals surface area contributed by atoms with Crippen molar-refractivity contribution in [2.75, 3.05) is 19.6 Å². The third-order valence-electron chi connectivity index (χ3n) is 4.26. The first kappa shape index (κ1) is 19.1. The second kappa shape index (κ2) is 9.90. The maximum Gasteiger partial charge on any atom is 0.290 e. The van der Waals surface area contributed by atoms with E-state index in [1.807, 2.05) is 4.57 Å². The third-order valence-corrected chi connectivity index (χ3v) is 4.26. The van der Waals surface area contributed by atoms with Gasteiger partial charge in [0, 0.05) is 26.2 Å². The lowest BCUT2D eigenvalue weighted by Crippen LogP contribution is -2.47. The van der Waals surface area contributed by atoms with Crippen LogP contribution in [0.15, 0.2) is 43.0 Å². The normalized spacial score (nSPS) is 20.8. The Hall–Kier alpha value is -2.25. The molecular formula is C18H26N4O3. The van der Waals surface area contributed by atoms with Crippen LogP contribution in [0.1, 0.15) is 25.5 Å². The molecule has 0 radical (unpaired) electrons. The Morgan fingerprint density at radius 2 is 1.84 bits per heavy atom. The summed E-state index contributed by atoms with van der Waals surface area (Å²) < 4.78 is 8.35. The van der Waals surface area contributed by atoms with Crippen molar-refractivity contribution in [1.29, 1.82) is 0 Å². The van der Waals surface area contributed by atoms with Gasteiger partial charge in [0.2, 0.25) is 0 Å². The Morgan fingerprint density at radius 1 is 1.20 bits per heavy atom. The molecule has 0 bridgehead atoms. The summed E-state index contributed by atoms with van der Waals surface area (Å²) in [5.74, 6) is 0.518. The van der Waals surface area contributed by atoms with Gasteiger partial charge >= 0.3 is 0 Å². The Balaban J connectivity index is 0.000000701. The van der Waals surface area contributed by atoms with Gasteiger partial charge in [-0.25, -0.2) is 0 Å². The molecule has 0 amide bonds. The van der Waals surface area contributed by atoms with Crippen LogP contribution >= 0.6 is 0 Å². The van der Waals surface area contributed by atoms with Gasteiger partial charge in [-0.05, 0) is 11.5 Å². The third kappa shape index (κ3) is 5.95. The van der Waals surface area contributed by atoms with Crippen molar-refractivity contribution in [3.63, 3.8) is 0 Å². The molecule has 1 saturated heterocycles. The van der Waals surface area contributed by atoms with Gasteiger partial charge < -0.3 is 14.4 Å². The molecule has 1 aromatic carbocycles. The number of nitrogens with zero attached hydrogens (tertiary/aromatic N) is 4. The average molecular weight is 346 g/mol. The summed E-state index contributed by atoms with van der Waals surface area (Å²) in [7, 11) is 0. The Bertz CT molecular complexity index is 604. The average Bonchev–Trinajstić information content (AvgIpc) is 3.15. The van der Waals surface area contributed by atoms with E-state index < -0.39 is 0 Å². The van der Waals surface area contributed by atoms with Crippen molar-refractivity contribution >= 4 is 6.47 Å². The molecule has 1 aromatic heterocycles. The Morgan fingerprint density at radius 3 is 2.44 bits per heavy atom. The van der Waals surface area contributed by atoms with Gasteiger partial charge in [0.25, 0.3) is 6.47 Å². The van der Waals surface area contributed by atoms with Gasteiger partial charge in [0.05, 0.1) is 12.2 Å². The van der Waals surface area contributed by atoms with Gasteiger partial charge in [-0.1, -0.05) is 44.2 Å². The largest absolute Gasteiger partial charge is 0.483 e. The predicted molar refractivity (Wildman–Crippen MR) is 94.0 cm³/mol. The molecule has 1 aliphatic heterocycles. The second-order valence-electron chi connectivity index (χ2n) is 6.38. The van der Waals surface area contributed by atoms with Crippen LogP contribution in [0.3, 0.4) is 0 Å². The van der Waals surface area contributed by atoms with E-state index in [1.54, 1.807) is 12.7 Å². The zero-order valence-corrected chi connectivity index (χ0v) is 14.7. The number of ether oxygens (including phenoxy) is 1. The molecule has 2 atom stereocenters. The van der Waals surface area contributed by atoms with Crippen LogP contribution in [0, 0.1) is 5.92 Å². The topological polar surface area (TPSA) is 80.5 Å². The highest BCUT2D eigenvalue weighted by molar-refractivity contribution is 5.32. The number of hydrogen-bond acceptors (Lipinski definition) is 5. The van der Waals surface area contributed by atoms with Gasteiger partial charge in [0.15, 0.2) is 0 Å². The van der Waals surface area contributed by atoms with E-state index >= 15 is 0 Å². The molecule has 0 unspecified atom stereocenters. The molecule has 1 N–H and O–H groups in total. The lowest BCUT2D eigenvalue weighted by atomic mass is 10.0. The molecular weight excluding hydrogens is 320 g/mol. The molecule has 0 saturated carbocycles. The molecule has 1 aliphatic rings. The number of carbonyl (C=O) groups is 1. The van der Waals surface area contributed by atoms with Crippen molar-refractivity contribution in [3.05, 3.63) is 48.5 Å². The fourth-order valence-corrected chi connectivity index (χ4v) is 2.86. The van der Waals surface area contributed by atoms with Gasteiger partial charge in [-0.15, -0.1) is 10.2 Å². The van der Waals surface area contributed by atoms with Crippen LogP contribution in [0.4, 0.5) is 0 Å². The fraction of sp³-hybridized carbons (Fsp3) is 0.500. The van der Waals surface area contributed by atoms with Crippen LogP contribution in [0.5, 0.6) is 0 Å². The van der Waals surface area contributed by atoms with Crippen molar-refractivity contribution in [2.24, 2.45) is 5.92 Å². The summed E-state index contributed by atoms with van der Waals surface area (Å²) in [5, 5.41) is 14.6. The van der Waals surface area contributed by atoms with E-state index in [2.05, 4.69) is 59.3 Å². The molecule has 2 aromatic rings. The first-order valence-corrected chi connectivity index (χ1v) is 8.47. The smallest absolute Gasteiger partial charge is 0.290 e. The van der Waals surface area contributed by atoms with E-state index in [1.165, 1.54) is 5.56 Å². The zero-order valence-electron chi connectivity index (χ0n) is 14.7. The summed E-state index contributed by atoms with van der Waals surface area (Å²) in [5.41, 5.74) is 1.27. The minimum atomic E-state index is -0.250. The minimum Gasteiger partial charge on any atom is -0.483 e. The number of aromatic nitrogens is 3. The number of morpholine rings is 1. The van der Waals surface area contributed by atoms with Crippen molar-refractivity contribution in [3.8, 4) is 0 Å². The lowest BCUT2D eigenvalue weighted by Gasteiger charge is -2.40. The number of rotatable bonds is 5. The first-order valence-electron chi connectivity index (χ1n) is 8.47. The first-order chi connectivity index (χ1) is 12.1. The summed E-state index contributed by atoms with van der Waals surface area (Å²) in [6.07, 6.45) is 3.98. The molecule has 0 spiro atoms. The number of carboxylic acid groups (broad SMARTS) is 1. The van der Waals surface area contributed by atoms with E-state index in [-0.39, 0.29) is 18.7 Å². The highest BCUT2D eigenvalue weighted by atomic mass is 16.5. The van der Waals surface area contributed by atoms with Crippen molar-refractivity contribution < 1.29 is 14.6 Å². The van der Waals surface area contributed by atoms with E-state index in [9.17, 15) is 0 Å². The van der Waals surface area contributed by atoms with Crippen LogP contribution in [0.2, 0.25) is 0 Å². The number of hydrogen-bond donors (Lipinski definition) is 1. The molecule has 7 nitrogen and oxygen atoms in total. The summed E-state index contributed by atoms with van der Waals surface area (Å²) in [6, 6.07) is 10.5. The second-order valence-corrected chi connectivity index (χ2v) is 6.38. The summed E-state index contributed by atoms with van der Waals surface area (Å²) in [4.78, 5) is 10.9. The predicted octanol–water partition coefficient (Wildman–Crippen LogP) is 2.08. The molecule has 1 fully saturated rings. The summed E-state index contributed by atoms with van der Waals surface area (Å²) >= 11 is 0. The highest BCUT2D eigenvalue weighted by Crippen LogP contribution is 2.27. The monoisotopic (exact) mass is 346 g/mol. The Kier molecular flexibility index (Phi) is 7.56. The van der Waals surface area contributed by atoms with Crippen molar-refractivity contribution in [2.45, 2.75) is 32.6 Å². The van der Waals surface area contributed by atoms with E-state index in [4.69, 9.17) is 14.6 Å². The molecule has 7 heteroatoms. The van der Waals surface area contributed by atoms with Crippen LogP contribution in [0.25, 0.3) is 0 Å². The molecule has 136 valence electrons. The fourth-order valence-electron chi connectivity index (χ4n) is 2.86. The Labute approximate surface area is 148 Å². The van der Waals surface area contributed by atoms with Gasteiger partial charge in [-0.2, -0.15) is 0 Å². The number of benzene rings is 1. The molecule has 3 rings (SSSR count). The minimum absolute atomic E-state index is 0.156. The van der Waals surface area contributed by atoms with Crippen LogP contribution in [-0.2, 0) is 16.1 Å². The molecule has 25 heavy (non-hydrogen) atoms.